The summed E-state index contributed by atoms with van der Waals surface area (Å²) in [6, 6.07) is 0.396. The topological polar surface area (TPSA) is 29.1 Å². The largest absolute Gasteiger partial charge is 0.242 e. The van der Waals surface area contributed by atoms with Crippen LogP contribution in [0.25, 0.3) is 0 Å². The summed E-state index contributed by atoms with van der Waals surface area (Å²) in [5.74, 6) is 1.40. The van der Waals surface area contributed by atoms with Gasteiger partial charge in [-0.1, -0.05) is 46.0 Å². The lowest BCUT2D eigenvalue weighted by atomic mass is 9.83. The molecule has 1 aliphatic carbocycles. The molecule has 2 nitrogen and oxygen atoms in total. The Morgan fingerprint density at radius 3 is 2.17 bits per heavy atom. The van der Waals surface area contributed by atoms with Crippen LogP contribution in [0, 0.1) is 11.8 Å². The Balaban J connectivity index is 2.51. The highest BCUT2D eigenvalue weighted by atomic mass is 32.2. The molecule has 0 saturated heterocycles. The molecule has 2 atom stereocenters. The van der Waals surface area contributed by atoms with E-state index in [1.165, 1.54) is 38.5 Å². The molecule has 1 N–H and O–H groups in total. The van der Waals surface area contributed by atoms with Crippen LogP contribution in [0.3, 0.4) is 0 Å². The summed E-state index contributed by atoms with van der Waals surface area (Å²) >= 11 is 0. The first-order valence-corrected chi connectivity index (χ1v) is 8.63. The van der Waals surface area contributed by atoms with Crippen LogP contribution in [0.2, 0.25) is 0 Å². The van der Waals surface area contributed by atoms with Crippen LogP contribution in [0.5, 0.6) is 0 Å². The van der Waals surface area contributed by atoms with Crippen LogP contribution in [0.1, 0.15) is 73.1 Å². The van der Waals surface area contributed by atoms with E-state index in [1.54, 1.807) is 0 Å². The molecule has 1 aliphatic rings. The van der Waals surface area contributed by atoms with Gasteiger partial charge in [-0.3, -0.25) is 0 Å². The highest BCUT2D eigenvalue weighted by molar-refractivity contribution is 7.84. The van der Waals surface area contributed by atoms with Gasteiger partial charge in [-0.2, -0.15) is 0 Å². The Kier molecular flexibility index (Phi) is 6.32. The molecule has 0 aliphatic heterocycles. The number of rotatable bonds is 5. The Hall–Kier alpha value is 0.110. The van der Waals surface area contributed by atoms with Crippen molar-refractivity contribution in [3.63, 3.8) is 0 Å². The van der Waals surface area contributed by atoms with Crippen LogP contribution in [-0.4, -0.2) is 15.0 Å². The molecule has 0 radical (unpaired) electrons. The van der Waals surface area contributed by atoms with Gasteiger partial charge in [-0.25, -0.2) is 8.93 Å². The molecule has 18 heavy (non-hydrogen) atoms. The lowest BCUT2D eigenvalue weighted by Crippen LogP contribution is -2.43. The molecule has 0 aromatic heterocycles. The quantitative estimate of drug-likeness (QED) is 0.805. The third-order valence-corrected chi connectivity index (χ3v) is 5.56. The number of hydrogen-bond acceptors (Lipinski definition) is 1. The molecule has 0 bridgehead atoms. The first-order valence-electron chi connectivity index (χ1n) is 7.48. The van der Waals surface area contributed by atoms with Crippen molar-refractivity contribution in [3.8, 4) is 0 Å². The highest BCUT2D eigenvalue weighted by Gasteiger charge is 2.26. The molecule has 1 saturated carbocycles. The summed E-state index contributed by atoms with van der Waals surface area (Å²) in [6.07, 6.45) is 8.11. The minimum absolute atomic E-state index is 0.167. The van der Waals surface area contributed by atoms with Gasteiger partial charge < -0.3 is 0 Å². The molecular weight excluding hydrogens is 242 g/mol. The second-order valence-electron chi connectivity index (χ2n) is 7.09. The molecule has 0 spiro atoms. The van der Waals surface area contributed by atoms with E-state index in [1.807, 2.05) is 20.8 Å². The van der Waals surface area contributed by atoms with Gasteiger partial charge >= 0.3 is 0 Å². The van der Waals surface area contributed by atoms with E-state index in [9.17, 15) is 4.21 Å². The van der Waals surface area contributed by atoms with E-state index >= 15 is 0 Å². The minimum atomic E-state index is -0.942. The van der Waals surface area contributed by atoms with Crippen molar-refractivity contribution in [1.29, 1.82) is 0 Å². The van der Waals surface area contributed by atoms with Crippen LogP contribution in [-0.2, 0) is 11.0 Å². The monoisotopic (exact) mass is 273 g/mol. The lowest BCUT2D eigenvalue weighted by Gasteiger charge is -2.31. The summed E-state index contributed by atoms with van der Waals surface area (Å²) in [6.45, 7) is 10.6. The average Bonchev–Trinajstić information content (AvgIpc) is 2.28. The van der Waals surface area contributed by atoms with E-state index in [2.05, 4.69) is 18.6 Å². The Labute approximate surface area is 116 Å². The first kappa shape index (κ1) is 16.2. The molecule has 1 fully saturated rings. The van der Waals surface area contributed by atoms with E-state index < -0.39 is 11.0 Å². The fraction of sp³-hybridized carbons (Fsp3) is 1.00. The molecule has 3 heteroatoms. The van der Waals surface area contributed by atoms with Gasteiger partial charge in [0, 0.05) is 6.04 Å². The summed E-state index contributed by atoms with van der Waals surface area (Å²) < 4.78 is 15.4. The molecular formula is C15H31NOS. The van der Waals surface area contributed by atoms with Gasteiger partial charge in [0.2, 0.25) is 0 Å². The fourth-order valence-corrected chi connectivity index (χ4v) is 3.55. The zero-order chi connectivity index (χ0) is 13.8. The van der Waals surface area contributed by atoms with Crippen molar-refractivity contribution in [2.24, 2.45) is 11.8 Å². The lowest BCUT2D eigenvalue weighted by molar-refractivity contribution is 0.284. The molecule has 0 aromatic rings. The van der Waals surface area contributed by atoms with E-state index in [0.29, 0.717) is 12.0 Å². The predicted molar refractivity (Wildman–Crippen MR) is 80.8 cm³/mol. The Morgan fingerprint density at radius 1 is 1.17 bits per heavy atom. The minimum Gasteiger partial charge on any atom is -0.242 e. The van der Waals surface area contributed by atoms with Crippen LogP contribution >= 0.6 is 0 Å². The number of nitrogens with one attached hydrogen (secondary N) is 1. The van der Waals surface area contributed by atoms with Gasteiger partial charge in [0.15, 0.2) is 0 Å². The molecule has 1 rings (SSSR count). The van der Waals surface area contributed by atoms with Crippen molar-refractivity contribution in [3.05, 3.63) is 0 Å². The molecule has 0 heterocycles. The summed E-state index contributed by atoms with van der Waals surface area (Å²) in [5.41, 5.74) is 0. The van der Waals surface area contributed by atoms with Gasteiger partial charge in [-0.15, -0.1) is 0 Å². The van der Waals surface area contributed by atoms with Crippen LogP contribution < -0.4 is 4.72 Å². The summed E-state index contributed by atoms with van der Waals surface area (Å²) in [7, 11) is -0.942. The zero-order valence-electron chi connectivity index (χ0n) is 12.8. The zero-order valence-corrected chi connectivity index (χ0v) is 13.6. The molecule has 0 unspecified atom stereocenters. The van der Waals surface area contributed by atoms with E-state index in [4.69, 9.17) is 0 Å². The van der Waals surface area contributed by atoms with Crippen molar-refractivity contribution in [2.75, 3.05) is 0 Å². The van der Waals surface area contributed by atoms with Gasteiger partial charge in [-0.05, 0) is 39.0 Å². The highest BCUT2D eigenvalue weighted by Crippen LogP contribution is 2.29. The first-order chi connectivity index (χ1) is 8.30. The van der Waals surface area contributed by atoms with E-state index in [0.717, 1.165) is 5.92 Å². The van der Waals surface area contributed by atoms with Crippen molar-refractivity contribution < 1.29 is 4.21 Å². The maximum Gasteiger partial charge on any atom is 0.0972 e. The van der Waals surface area contributed by atoms with Crippen LogP contribution in [0.4, 0.5) is 0 Å². The van der Waals surface area contributed by atoms with Crippen LogP contribution in [0.15, 0.2) is 0 Å². The normalized spacial score (nSPS) is 22.1. The van der Waals surface area contributed by atoms with E-state index in [-0.39, 0.29) is 4.75 Å². The third-order valence-electron chi connectivity index (χ3n) is 3.93. The van der Waals surface area contributed by atoms with Crippen molar-refractivity contribution in [1.82, 2.24) is 4.72 Å². The molecule has 0 amide bonds. The van der Waals surface area contributed by atoms with Crippen molar-refractivity contribution in [2.45, 2.75) is 83.9 Å². The second-order valence-corrected chi connectivity index (χ2v) is 9.09. The SMILES string of the molecule is CC(C)[C@@H](CC1CCCCC1)N[S@](=O)C(C)(C)C. The smallest absolute Gasteiger partial charge is 0.0972 e. The fourth-order valence-electron chi connectivity index (χ4n) is 2.55. The second kappa shape index (κ2) is 7.04. The summed E-state index contributed by atoms with van der Waals surface area (Å²) in [5, 5.41) is 0. The van der Waals surface area contributed by atoms with Gasteiger partial charge in [0.25, 0.3) is 0 Å². The Morgan fingerprint density at radius 2 is 1.72 bits per heavy atom. The van der Waals surface area contributed by atoms with Gasteiger partial charge in [0.05, 0.1) is 15.7 Å². The Bertz CT molecular complexity index is 264. The molecule has 108 valence electrons. The van der Waals surface area contributed by atoms with Crippen molar-refractivity contribution >= 4 is 11.0 Å². The maximum atomic E-state index is 12.2. The standard InChI is InChI=1S/C15H31NOS/c1-12(2)14(16-18(17)15(3,4)5)11-13-9-7-6-8-10-13/h12-14,16H,6-11H2,1-5H3/t14-,18-/m1/s1. The third kappa shape index (κ3) is 5.40. The number of hydrogen-bond donors (Lipinski definition) is 1. The average molecular weight is 273 g/mol. The summed E-state index contributed by atoms with van der Waals surface area (Å²) in [4.78, 5) is 0. The predicted octanol–water partition coefficient (Wildman–Crippen LogP) is 4.03. The maximum absolute atomic E-state index is 12.2. The molecule has 0 aromatic carbocycles. The van der Waals surface area contributed by atoms with Gasteiger partial charge in [0.1, 0.15) is 0 Å².